The molecule has 0 saturated carbocycles. The van der Waals surface area contributed by atoms with Gasteiger partial charge >= 0.3 is 0 Å². The van der Waals surface area contributed by atoms with Gasteiger partial charge in [-0.1, -0.05) is 32.9 Å². The smallest absolute Gasteiger partial charge is 0.118 e. The zero-order valence-electron chi connectivity index (χ0n) is 11.8. The van der Waals surface area contributed by atoms with E-state index in [0.717, 1.165) is 12.2 Å². The number of rotatable bonds is 7. The molecule has 1 aromatic carbocycles. The maximum absolute atomic E-state index is 9.64. The van der Waals surface area contributed by atoms with Crippen molar-refractivity contribution in [3.8, 4) is 5.75 Å². The first-order chi connectivity index (χ1) is 8.58. The predicted octanol–water partition coefficient (Wildman–Crippen LogP) is 2.75. The topological polar surface area (TPSA) is 41.5 Å². The number of benzene rings is 1. The van der Waals surface area contributed by atoms with Crippen molar-refractivity contribution >= 4 is 0 Å². The lowest BCUT2D eigenvalue weighted by Gasteiger charge is -2.24. The van der Waals surface area contributed by atoms with Crippen molar-refractivity contribution in [3.63, 3.8) is 0 Å². The zero-order chi connectivity index (χ0) is 13.5. The van der Waals surface area contributed by atoms with E-state index in [0.29, 0.717) is 12.5 Å². The zero-order valence-corrected chi connectivity index (χ0v) is 11.8. The lowest BCUT2D eigenvalue weighted by atomic mass is 9.95. The molecule has 0 aromatic heterocycles. The fraction of sp³-hybridized carbons (Fsp3) is 0.600. The van der Waals surface area contributed by atoms with Crippen LogP contribution in [-0.2, 0) is 0 Å². The molecule has 0 aliphatic rings. The quantitative estimate of drug-likeness (QED) is 0.783. The van der Waals surface area contributed by atoms with E-state index in [9.17, 15) is 5.11 Å². The third-order valence-corrected chi connectivity index (χ3v) is 3.19. The molecule has 2 N–H and O–H groups in total. The predicted molar refractivity (Wildman–Crippen MR) is 74.9 cm³/mol. The molecule has 18 heavy (non-hydrogen) atoms. The summed E-state index contributed by atoms with van der Waals surface area (Å²) in [6.07, 6.45) is 0.505. The molecule has 1 rings (SSSR count). The lowest BCUT2D eigenvalue weighted by Crippen LogP contribution is -2.32. The molecule has 102 valence electrons. The van der Waals surface area contributed by atoms with E-state index >= 15 is 0 Å². The van der Waals surface area contributed by atoms with E-state index in [-0.39, 0.29) is 12.1 Å². The van der Waals surface area contributed by atoms with E-state index in [4.69, 9.17) is 4.74 Å². The van der Waals surface area contributed by atoms with Gasteiger partial charge < -0.3 is 15.2 Å². The summed E-state index contributed by atoms with van der Waals surface area (Å²) in [4.78, 5) is 0. The lowest BCUT2D eigenvalue weighted by molar-refractivity contribution is 0.159. The number of aliphatic hydroxyl groups excluding tert-OH is 1. The van der Waals surface area contributed by atoms with Gasteiger partial charge in [-0.25, -0.2) is 0 Å². The molecular formula is C15H25NO2. The fourth-order valence-electron chi connectivity index (χ4n) is 1.96. The van der Waals surface area contributed by atoms with E-state index in [1.165, 1.54) is 5.56 Å². The normalized spacial score (nSPS) is 14.6. The van der Waals surface area contributed by atoms with Gasteiger partial charge in [-0.2, -0.15) is 0 Å². The molecule has 0 fully saturated rings. The van der Waals surface area contributed by atoms with Crippen molar-refractivity contribution in [3.05, 3.63) is 29.8 Å². The maximum Gasteiger partial charge on any atom is 0.118 e. The monoisotopic (exact) mass is 251 g/mol. The Balaban J connectivity index is 2.71. The number of hydrogen-bond donors (Lipinski definition) is 2. The highest BCUT2D eigenvalue weighted by Crippen LogP contribution is 2.23. The SMILES string of the molecule is CC[C@@H](O)CNC(c1ccc(OC)cc1)C(C)C. The summed E-state index contributed by atoms with van der Waals surface area (Å²) in [7, 11) is 1.67. The molecule has 0 heterocycles. The van der Waals surface area contributed by atoms with Crippen LogP contribution >= 0.6 is 0 Å². The second kappa shape index (κ2) is 7.39. The third kappa shape index (κ3) is 4.31. The van der Waals surface area contributed by atoms with E-state index in [1.54, 1.807) is 7.11 Å². The Hall–Kier alpha value is -1.06. The van der Waals surface area contributed by atoms with Gasteiger partial charge in [0, 0.05) is 12.6 Å². The number of ether oxygens (including phenoxy) is 1. The molecule has 0 radical (unpaired) electrons. The van der Waals surface area contributed by atoms with Gasteiger partial charge in [-0.15, -0.1) is 0 Å². The Bertz CT molecular complexity index is 335. The Morgan fingerprint density at radius 3 is 2.28 bits per heavy atom. The van der Waals surface area contributed by atoms with Gasteiger partial charge in [0.25, 0.3) is 0 Å². The Labute approximate surface area is 110 Å². The van der Waals surface area contributed by atoms with Crippen LogP contribution in [0.3, 0.4) is 0 Å². The van der Waals surface area contributed by atoms with Gasteiger partial charge in [-0.05, 0) is 30.0 Å². The van der Waals surface area contributed by atoms with E-state index < -0.39 is 0 Å². The van der Waals surface area contributed by atoms with E-state index in [1.807, 2.05) is 19.1 Å². The number of methoxy groups -OCH3 is 1. The molecule has 1 unspecified atom stereocenters. The van der Waals surface area contributed by atoms with Crippen molar-refractivity contribution in [2.75, 3.05) is 13.7 Å². The Morgan fingerprint density at radius 2 is 1.83 bits per heavy atom. The molecule has 0 saturated heterocycles. The van der Waals surface area contributed by atoms with Crippen molar-refractivity contribution in [2.45, 2.75) is 39.3 Å². The van der Waals surface area contributed by atoms with Crippen LogP contribution < -0.4 is 10.1 Å². The summed E-state index contributed by atoms with van der Waals surface area (Å²) in [5, 5.41) is 13.1. The highest BCUT2D eigenvalue weighted by molar-refractivity contribution is 5.29. The van der Waals surface area contributed by atoms with Crippen LogP contribution in [0.1, 0.15) is 38.8 Å². The molecule has 0 bridgehead atoms. The minimum absolute atomic E-state index is 0.261. The van der Waals surface area contributed by atoms with Crippen LogP contribution in [0.25, 0.3) is 0 Å². The molecular weight excluding hydrogens is 226 g/mol. The van der Waals surface area contributed by atoms with Crippen molar-refractivity contribution in [2.24, 2.45) is 5.92 Å². The summed E-state index contributed by atoms with van der Waals surface area (Å²) in [5.74, 6) is 1.34. The largest absolute Gasteiger partial charge is 0.497 e. The highest BCUT2D eigenvalue weighted by atomic mass is 16.5. The van der Waals surface area contributed by atoms with Crippen LogP contribution in [0.4, 0.5) is 0 Å². The minimum Gasteiger partial charge on any atom is -0.497 e. The highest BCUT2D eigenvalue weighted by Gasteiger charge is 2.16. The second-order valence-corrected chi connectivity index (χ2v) is 4.97. The van der Waals surface area contributed by atoms with Gasteiger partial charge in [0.2, 0.25) is 0 Å². The van der Waals surface area contributed by atoms with Crippen LogP contribution in [0.15, 0.2) is 24.3 Å². The van der Waals surface area contributed by atoms with E-state index in [2.05, 4.69) is 31.3 Å². The summed E-state index contributed by atoms with van der Waals surface area (Å²) in [5.41, 5.74) is 1.23. The van der Waals surface area contributed by atoms with Crippen LogP contribution in [0, 0.1) is 5.92 Å². The molecule has 0 aliphatic carbocycles. The Morgan fingerprint density at radius 1 is 1.22 bits per heavy atom. The fourth-order valence-corrected chi connectivity index (χ4v) is 1.96. The van der Waals surface area contributed by atoms with Crippen molar-refractivity contribution < 1.29 is 9.84 Å². The third-order valence-electron chi connectivity index (χ3n) is 3.19. The number of aliphatic hydroxyl groups is 1. The van der Waals surface area contributed by atoms with Crippen LogP contribution in [0.5, 0.6) is 5.75 Å². The Kier molecular flexibility index (Phi) is 6.16. The van der Waals surface area contributed by atoms with Crippen LogP contribution in [-0.4, -0.2) is 24.9 Å². The van der Waals surface area contributed by atoms with Crippen LogP contribution in [0.2, 0.25) is 0 Å². The molecule has 0 aliphatic heterocycles. The van der Waals surface area contributed by atoms with Gasteiger partial charge in [-0.3, -0.25) is 0 Å². The molecule has 1 aromatic rings. The molecule has 0 amide bonds. The molecule has 3 heteroatoms. The summed E-state index contributed by atoms with van der Waals surface area (Å²) in [6, 6.07) is 8.37. The van der Waals surface area contributed by atoms with Crippen molar-refractivity contribution in [1.29, 1.82) is 0 Å². The average molecular weight is 251 g/mol. The maximum atomic E-state index is 9.64. The first kappa shape index (κ1) is 15.0. The number of hydrogen-bond acceptors (Lipinski definition) is 3. The number of nitrogens with one attached hydrogen (secondary N) is 1. The standard InChI is InChI=1S/C15H25NO2/c1-5-13(17)10-16-15(11(2)3)12-6-8-14(18-4)9-7-12/h6-9,11,13,15-17H,5,10H2,1-4H3/t13-,15?/m1/s1. The first-order valence-electron chi connectivity index (χ1n) is 6.63. The van der Waals surface area contributed by atoms with Gasteiger partial charge in [0.05, 0.1) is 13.2 Å². The average Bonchev–Trinajstić information content (AvgIpc) is 2.39. The molecule has 2 atom stereocenters. The minimum atomic E-state index is -0.274. The second-order valence-electron chi connectivity index (χ2n) is 4.97. The summed E-state index contributed by atoms with van der Waals surface area (Å²) in [6.45, 7) is 6.98. The van der Waals surface area contributed by atoms with Gasteiger partial charge in [0.1, 0.15) is 5.75 Å². The molecule has 3 nitrogen and oxygen atoms in total. The first-order valence-corrected chi connectivity index (χ1v) is 6.63. The van der Waals surface area contributed by atoms with Gasteiger partial charge in [0.15, 0.2) is 0 Å². The molecule has 0 spiro atoms. The summed E-state index contributed by atoms with van der Waals surface area (Å²) < 4.78 is 5.16. The summed E-state index contributed by atoms with van der Waals surface area (Å²) >= 11 is 0. The van der Waals surface area contributed by atoms with Crippen molar-refractivity contribution in [1.82, 2.24) is 5.32 Å².